The highest BCUT2D eigenvalue weighted by Gasteiger charge is 2.48. The monoisotopic (exact) mass is 332 g/mol. The Labute approximate surface area is 141 Å². The number of methoxy groups -OCH3 is 1. The topological polar surface area (TPSA) is 81.9 Å². The molecule has 1 aliphatic carbocycles. The SMILES string of the molecule is COCCOc1cccc(C(=O)N2CC3CCCC3C2C(N)=O)c1. The number of benzene rings is 1. The maximum absolute atomic E-state index is 12.9. The Kier molecular flexibility index (Phi) is 5.04. The standard InChI is InChI=1S/C18H24N2O4/c1-23-8-9-24-14-6-2-4-12(10-14)18(22)20-11-13-5-3-7-15(13)16(20)17(19)21/h2,4,6,10,13,15-16H,3,5,7-9,11H2,1H3,(H2,19,21). The van der Waals surface area contributed by atoms with Crippen molar-refractivity contribution in [3.05, 3.63) is 29.8 Å². The maximum Gasteiger partial charge on any atom is 0.254 e. The predicted octanol–water partition coefficient (Wildman–Crippen LogP) is 1.44. The van der Waals surface area contributed by atoms with Crippen LogP contribution < -0.4 is 10.5 Å². The Bertz CT molecular complexity index is 619. The fourth-order valence-corrected chi connectivity index (χ4v) is 4.01. The van der Waals surface area contributed by atoms with E-state index in [-0.39, 0.29) is 11.8 Å². The molecule has 0 bridgehead atoms. The van der Waals surface area contributed by atoms with Crippen LogP contribution in [0.1, 0.15) is 29.6 Å². The first-order valence-corrected chi connectivity index (χ1v) is 8.44. The van der Waals surface area contributed by atoms with Crippen LogP contribution in [0.25, 0.3) is 0 Å². The van der Waals surface area contributed by atoms with E-state index < -0.39 is 11.9 Å². The molecular weight excluding hydrogens is 308 g/mol. The molecule has 2 fully saturated rings. The summed E-state index contributed by atoms with van der Waals surface area (Å²) in [5, 5.41) is 0. The number of hydrogen-bond acceptors (Lipinski definition) is 4. The van der Waals surface area contributed by atoms with Crippen molar-refractivity contribution in [2.45, 2.75) is 25.3 Å². The zero-order valence-corrected chi connectivity index (χ0v) is 13.9. The Hall–Kier alpha value is -2.08. The van der Waals surface area contributed by atoms with Crippen molar-refractivity contribution in [1.29, 1.82) is 0 Å². The Morgan fingerprint density at radius 2 is 2.12 bits per heavy atom. The average molecular weight is 332 g/mol. The molecule has 2 aliphatic rings. The first-order chi connectivity index (χ1) is 11.6. The number of fused-ring (bicyclic) bond motifs is 1. The lowest BCUT2D eigenvalue weighted by Gasteiger charge is -2.25. The summed E-state index contributed by atoms with van der Waals surface area (Å²) in [5.74, 6) is 0.684. The molecule has 3 atom stereocenters. The molecule has 24 heavy (non-hydrogen) atoms. The molecule has 6 heteroatoms. The summed E-state index contributed by atoms with van der Waals surface area (Å²) in [5.41, 5.74) is 6.12. The van der Waals surface area contributed by atoms with Gasteiger partial charge in [-0.25, -0.2) is 0 Å². The smallest absolute Gasteiger partial charge is 0.254 e. The van der Waals surface area contributed by atoms with E-state index in [1.165, 1.54) is 0 Å². The Morgan fingerprint density at radius 3 is 2.88 bits per heavy atom. The number of nitrogens with zero attached hydrogens (tertiary/aromatic N) is 1. The van der Waals surface area contributed by atoms with Crippen molar-refractivity contribution in [3.63, 3.8) is 0 Å². The minimum absolute atomic E-state index is 0.148. The highest BCUT2D eigenvalue weighted by atomic mass is 16.5. The van der Waals surface area contributed by atoms with Gasteiger partial charge in [-0.15, -0.1) is 0 Å². The molecule has 0 aromatic heterocycles. The van der Waals surface area contributed by atoms with Gasteiger partial charge in [-0.1, -0.05) is 12.5 Å². The van der Waals surface area contributed by atoms with Gasteiger partial charge in [-0.3, -0.25) is 9.59 Å². The number of ether oxygens (including phenoxy) is 2. The molecule has 130 valence electrons. The van der Waals surface area contributed by atoms with Crippen molar-refractivity contribution < 1.29 is 19.1 Å². The van der Waals surface area contributed by atoms with Crippen molar-refractivity contribution >= 4 is 11.8 Å². The third-order valence-electron chi connectivity index (χ3n) is 5.08. The molecule has 1 heterocycles. The number of carbonyl (C=O) groups excluding carboxylic acids is 2. The molecule has 3 rings (SSSR count). The normalized spacial score (nSPS) is 25.5. The predicted molar refractivity (Wildman–Crippen MR) is 88.7 cm³/mol. The van der Waals surface area contributed by atoms with Gasteiger partial charge in [0.15, 0.2) is 0 Å². The molecular formula is C18H24N2O4. The second-order valence-electron chi connectivity index (χ2n) is 6.53. The summed E-state index contributed by atoms with van der Waals surface area (Å²) in [4.78, 5) is 26.5. The van der Waals surface area contributed by atoms with E-state index in [0.717, 1.165) is 19.3 Å². The lowest BCUT2D eigenvalue weighted by atomic mass is 9.93. The zero-order chi connectivity index (χ0) is 17.1. The van der Waals surface area contributed by atoms with Gasteiger partial charge in [0.1, 0.15) is 18.4 Å². The largest absolute Gasteiger partial charge is 0.491 e. The van der Waals surface area contributed by atoms with Gasteiger partial charge in [-0.05, 0) is 42.9 Å². The van der Waals surface area contributed by atoms with Crippen LogP contribution in [0.4, 0.5) is 0 Å². The van der Waals surface area contributed by atoms with Gasteiger partial charge in [0.2, 0.25) is 5.91 Å². The number of amides is 2. The minimum atomic E-state index is -0.483. The highest BCUT2D eigenvalue weighted by molar-refractivity contribution is 5.98. The third-order valence-corrected chi connectivity index (χ3v) is 5.08. The summed E-state index contributed by atoms with van der Waals surface area (Å²) >= 11 is 0. The van der Waals surface area contributed by atoms with Crippen LogP contribution >= 0.6 is 0 Å². The fourth-order valence-electron chi connectivity index (χ4n) is 4.01. The molecule has 1 aromatic carbocycles. The molecule has 2 amide bonds. The number of carbonyl (C=O) groups is 2. The molecule has 3 unspecified atom stereocenters. The molecule has 1 saturated carbocycles. The molecule has 0 radical (unpaired) electrons. The van der Waals surface area contributed by atoms with Crippen LogP contribution in [-0.2, 0) is 9.53 Å². The second kappa shape index (κ2) is 7.21. The van der Waals surface area contributed by atoms with Gasteiger partial charge in [-0.2, -0.15) is 0 Å². The lowest BCUT2D eigenvalue weighted by molar-refractivity contribution is -0.122. The highest BCUT2D eigenvalue weighted by Crippen LogP contribution is 2.42. The molecule has 1 saturated heterocycles. The lowest BCUT2D eigenvalue weighted by Crippen LogP contribution is -2.46. The molecule has 1 aliphatic heterocycles. The number of primary amides is 1. The van der Waals surface area contributed by atoms with Crippen molar-refractivity contribution in [1.82, 2.24) is 4.90 Å². The van der Waals surface area contributed by atoms with Crippen molar-refractivity contribution in [2.24, 2.45) is 17.6 Å². The quantitative estimate of drug-likeness (QED) is 0.799. The van der Waals surface area contributed by atoms with Gasteiger partial charge in [0.25, 0.3) is 5.91 Å². The van der Waals surface area contributed by atoms with Crippen molar-refractivity contribution in [3.8, 4) is 5.75 Å². The van der Waals surface area contributed by atoms with E-state index in [4.69, 9.17) is 15.2 Å². The van der Waals surface area contributed by atoms with Gasteiger partial charge >= 0.3 is 0 Å². The summed E-state index contributed by atoms with van der Waals surface area (Å²) in [7, 11) is 1.61. The number of rotatable bonds is 6. The van der Waals surface area contributed by atoms with Crippen LogP contribution in [0.5, 0.6) is 5.75 Å². The molecule has 1 aromatic rings. The Balaban J connectivity index is 1.76. The van der Waals surface area contributed by atoms with Crippen LogP contribution in [0, 0.1) is 11.8 Å². The van der Waals surface area contributed by atoms with E-state index in [2.05, 4.69) is 0 Å². The van der Waals surface area contributed by atoms with Crippen molar-refractivity contribution in [2.75, 3.05) is 26.9 Å². The number of likely N-dealkylation sites (tertiary alicyclic amines) is 1. The zero-order valence-electron chi connectivity index (χ0n) is 13.9. The minimum Gasteiger partial charge on any atom is -0.491 e. The van der Waals surface area contributed by atoms with Crippen LogP contribution in [0.15, 0.2) is 24.3 Å². The van der Waals surface area contributed by atoms with Gasteiger partial charge < -0.3 is 20.1 Å². The average Bonchev–Trinajstić information content (AvgIpc) is 3.15. The van der Waals surface area contributed by atoms with E-state index in [1.54, 1.807) is 36.3 Å². The third kappa shape index (κ3) is 3.24. The Morgan fingerprint density at radius 1 is 1.29 bits per heavy atom. The summed E-state index contributed by atoms with van der Waals surface area (Å²) in [6.07, 6.45) is 3.16. The number of nitrogens with two attached hydrogens (primary N) is 1. The van der Waals surface area contributed by atoms with Crippen LogP contribution in [0.3, 0.4) is 0 Å². The number of hydrogen-bond donors (Lipinski definition) is 1. The summed E-state index contributed by atoms with van der Waals surface area (Å²) in [6.45, 7) is 1.52. The van der Waals surface area contributed by atoms with E-state index in [1.807, 2.05) is 0 Å². The molecule has 6 nitrogen and oxygen atoms in total. The van der Waals surface area contributed by atoms with E-state index >= 15 is 0 Å². The molecule has 0 spiro atoms. The van der Waals surface area contributed by atoms with E-state index in [0.29, 0.717) is 37.0 Å². The van der Waals surface area contributed by atoms with Crippen LogP contribution in [0.2, 0.25) is 0 Å². The van der Waals surface area contributed by atoms with Crippen LogP contribution in [-0.4, -0.2) is 49.6 Å². The summed E-state index contributed by atoms with van der Waals surface area (Å²) in [6, 6.07) is 6.56. The first-order valence-electron chi connectivity index (χ1n) is 8.44. The maximum atomic E-state index is 12.9. The second-order valence-corrected chi connectivity index (χ2v) is 6.53. The fraction of sp³-hybridized carbons (Fsp3) is 0.556. The van der Waals surface area contributed by atoms with Gasteiger partial charge in [0, 0.05) is 19.2 Å². The first kappa shape index (κ1) is 16.8. The van der Waals surface area contributed by atoms with E-state index in [9.17, 15) is 9.59 Å². The summed E-state index contributed by atoms with van der Waals surface area (Å²) < 4.78 is 10.5. The van der Waals surface area contributed by atoms with Gasteiger partial charge in [0.05, 0.1) is 6.61 Å². The molecule has 2 N–H and O–H groups in total.